The highest BCUT2D eigenvalue weighted by Crippen LogP contribution is 2.13. The summed E-state index contributed by atoms with van der Waals surface area (Å²) in [6.45, 7) is 9.80. The Balaban J connectivity index is 1.57. The number of aryl methyl sites for hydroxylation is 2. The first-order valence-electron chi connectivity index (χ1n) is 10.3. The summed E-state index contributed by atoms with van der Waals surface area (Å²) in [6.07, 6.45) is 2.27. The van der Waals surface area contributed by atoms with E-state index in [4.69, 9.17) is 9.52 Å². The maximum absolute atomic E-state index is 12.6. The zero-order valence-corrected chi connectivity index (χ0v) is 18.8. The minimum Gasteiger partial charge on any atom is -0.364 e. The second kappa shape index (κ2) is 10.1. The molecule has 2 heterocycles. The molecule has 3 rings (SSSR count). The van der Waals surface area contributed by atoms with Crippen LogP contribution in [0.5, 0.6) is 0 Å². The molecule has 8 nitrogen and oxygen atoms in total. The number of nitrogens with one attached hydrogen (secondary N) is 1. The van der Waals surface area contributed by atoms with Crippen molar-refractivity contribution in [1.82, 2.24) is 19.7 Å². The van der Waals surface area contributed by atoms with E-state index in [0.29, 0.717) is 38.4 Å². The molecule has 164 valence electrons. The van der Waals surface area contributed by atoms with Gasteiger partial charge in [0, 0.05) is 45.3 Å². The highest BCUT2D eigenvalue weighted by Gasteiger charge is 2.28. The predicted molar refractivity (Wildman–Crippen MR) is 118 cm³/mol. The number of benzene rings is 1. The van der Waals surface area contributed by atoms with Crippen LogP contribution in [0.1, 0.15) is 29.3 Å². The Kier molecular flexibility index (Phi) is 7.49. The molecule has 0 aliphatic carbocycles. The summed E-state index contributed by atoms with van der Waals surface area (Å²) in [5.41, 5.74) is 4.25. The van der Waals surface area contributed by atoms with Gasteiger partial charge in [-0.1, -0.05) is 34.5 Å². The van der Waals surface area contributed by atoms with Gasteiger partial charge in [0.2, 0.25) is 10.0 Å². The zero-order valence-electron chi connectivity index (χ0n) is 18.0. The van der Waals surface area contributed by atoms with Crippen LogP contribution in [0.2, 0.25) is 0 Å². The lowest BCUT2D eigenvalue weighted by molar-refractivity contribution is 0.260. The number of guanidine groups is 1. The molecule has 2 aromatic rings. The fraction of sp³-hybridized carbons (Fsp3) is 0.524. The maximum Gasteiger partial charge on any atom is 0.220 e. The molecule has 1 aliphatic rings. The number of aliphatic imine (C=N–C) groups is 1. The van der Waals surface area contributed by atoms with E-state index in [1.807, 2.05) is 6.92 Å². The molecule has 30 heavy (non-hydrogen) atoms. The van der Waals surface area contributed by atoms with Crippen molar-refractivity contribution in [2.24, 2.45) is 4.99 Å². The van der Waals surface area contributed by atoms with E-state index in [-0.39, 0.29) is 5.75 Å². The van der Waals surface area contributed by atoms with E-state index in [1.54, 1.807) is 6.07 Å². The standard InChI is InChI=1S/C21H31N5O3S/c1-4-22-21(23-7-5-19-14-17(2)13-18(3)15-19)25-8-10-26(11-9-25)30(27,28)16-20-6-12-29-24-20/h6,12-15H,4-5,7-11,16H2,1-3H3,(H,22,23). The van der Waals surface area contributed by atoms with Gasteiger partial charge in [-0.3, -0.25) is 4.99 Å². The summed E-state index contributed by atoms with van der Waals surface area (Å²) in [5.74, 6) is 0.712. The van der Waals surface area contributed by atoms with Gasteiger partial charge in [-0.05, 0) is 32.8 Å². The van der Waals surface area contributed by atoms with E-state index in [9.17, 15) is 8.42 Å². The molecule has 1 saturated heterocycles. The van der Waals surface area contributed by atoms with E-state index in [2.05, 4.69) is 47.4 Å². The van der Waals surface area contributed by atoms with Crippen LogP contribution < -0.4 is 5.32 Å². The van der Waals surface area contributed by atoms with Crippen LogP contribution in [-0.4, -0.2) is 68.0 Å². The molecular formula is C21H31N5O3S. The average molecular weight is 434 g/mol. The van der Waals surface area contributed by atoms with Crippen molar-refractivity contribution in [2.45, 2.75) is 32.9 Å². The molecule has 1 aromatic heterocycles. The van der Waals surface area contributed by atoms with Gasteiger partial charge < -0.3 is 14.7 Å². The van der Waals surface area contributed by atoms with Crippen molar-refractivity contribution in [1.29, 1.82) is 0 Å². The number of hydrogen-bond donors (Lipinski definition) is 1. The van der Waals surface area contributed by atoms with Crippen molar-refractivity contribution in [3.05, 3.63) is 52.9 Å². The Labute approximate surface area is 179 Å². The Bertz CT molecular complexity index is 929. The molecule has 1 aliphatic heterocycles. The first-order chi connectivity index (χ1) is 14.4. The molecule has 0 atom stereocenters. The highest BCUT2D eigenvalue weighted by atomic mass is 32.2. The first kappa shape index (κ1) is 22.3. The fourth-order valence-corrected chi connectivity index (χ4v) is 5.12. The van der Waals surface area contributed by atoms with Crippen LogP contribution >= 0.6 is 0 Å². The topological polar surface area (TPSA) is 91.0 Å². The molecule has 1 fully saturated rings. The van der Waals surface area contributed by atoms with Gasteiger partial charge >= 0.3 is 0 Å². The third-order valence-corrected chi connectivity index (χ3v) is 6.84. The van der Waals surface area contributed by atoms with Gasteiger partial charge in [0.1, 0.15) is 12.0 Å². The van der Waals surface area contributed by atoms with Crippen molar-refractivity contribution in [3.8, 4) is 0 Å². The summed E-state index contributed by atoms with van der Waals surface area (Å²) < 4.78 is 31.5. The largest absolute Gasteiger partial charge is 0.364 e. The number of sulfonamides is 1. The lowest BCUT2D eigenvalue weighted by Crippen LogP contribution is -2.54. The number of rotatable bonds is 7. The van der Waals surface area contributed by atoms with Gasteiger partial charge in [-0.25, -0.2) is 8.42 Å². The average Bonchev–Trinajstić information content (AvgIpc) is 3.19. The Hall–Kier alpha value is -2.39. The van der Waals surface area contributed by atoms with Gasteiger partial charge in [0.25, 0.3) is 0 Å². The summed E-state index contributed by atoms with van der Waals surface area (Å²) in [5, 5.41) is 7.05. The van der Waals surface area contributed by atoms with Crippen LogP contribution in [0.4, 0.5) is 0 Å². The Morgan fingerprint density at radius 3 is 2.47 bits per heavy atom. The van der Waals surface area contributed by atoms with E-state index in [1.165, 1.54) is 27.3 Å². The maximum atomic E-state index is 12.6. The normalized spacial score (nSPS) is 16.1. The van der Waals surface area contributed by atoms with Crippen LogP contribution in [0.15, 0.2) is 40.0 Å². The predicted octanol–water partition coefficient (Wildman–Crippen LogP) is 1.95. The van der Waals surface area contributed by atoms with Gasteiger partial charge in [0.05, 0.1) is 5.69 Å². The molecule has 1 N–H and O–H groups in total. The molecule has 0 spiro atoms. The van der Waals surface area contributed by atoms with Crippen LogP contribution in [0, 0.1) is 13.8 Å². The summed E-state index contributed by atoms with van der Waals surface area (Å²) in [7, 11) is -3.40. The third-order valence-electron chi connectivity index (χ3n) is 5.03. The van der Waals surface area contributed by atoms with Crippen molar-refractivity contribution in [3.63, 3.8) is 0 Å². The number of piperazine rings is 1. The second-order valence-electron chi connectivity index (χ2n) is 7.61. The molecule has 0 radical (unpaired) electrons. The number of hydrogen-bond acceptors (Lipinski definition) is 5. The fourth-order valence-electron chi connectivity index (χ4n) is 3.70. The summed E-state index contributed by atoms with van der Waals surface area (Å²) in [6, 6.07) is 8.16. The molecular weight excluding hydrogens is 402 g/mol. The quantitative estimate of drug-likeness (QED) is 0.530. The molecule has 1 aromatic carbocycles. The highest BCUT2D eigenvalue weighted by molar-refractivity contribution is 7.88. The second-order valence-corrected chi connectivity index (χ2v) is 9.58. The lowest BCUT2D eigenvalue weighted by atomic mass is 10.1. The SMILES string of the molecule is CCNC(=NCCc1cc(C)cc(C)c1)N1CCN(S(=O)(=O)Cc2ccon2)CC1. The van der Waals surface area contributed by atoms with Crippen molar-refractivity contribution >= 4 is 16.0 Å². The first-order valence-corrected chi connectivity index (χ1v) is 12.0. The third kappa shape index (κ3) is 6.06. The minimum atomic E-state index is -3.40. The monoisotopic (exact) mass is 433 g/mol. The lowest BCUT2D eigenvalue weighted by Gasteiger charge is -2.35. The smallest absolute Gasteiger partial charge is 0.220 e. The van der Waals surface area contributed by atoms with Crippen molar-refractivity contribution < 1.29 is 12.9 Å². The Morgan fingerprint density at radius 1 is 1.17 bits per heavy atom. The van der Waals surface area contributed by atoms with Gasteiger partial charge in [-0.2, -0.15) is 4.31 Å². The molecule has 0 unspecified atom stereocenters. The van der Waals surface area contributed by atoms with Crippen molar-refractivity contribution in [2.75, 3.05) is 39.3 Å². The summed E-state index contributed by atoms with van der Waals surface area (Å²) >= 11 is 0. The zero-order chi connectivity index (χ0) is 21.6. The minimum absolute atomic E-state index is 0.131. The van der Waals surface area contributed by atoms with E-state index in [0.717, 1.165) is 18.9 Å². The van der Waals surface area contributed by atoms with Gasteiger partial charge in [0.15, 0.2) is 5.96 Å². The number of aromatic nitrogens is 1. The van der Waals surface area contributed by atoms with Crippen LogP contribution in [0.25, 0.3) is 0 Å². The van der Waals surface area contributed by atoms with Crippen LogP contribution in [0.3, 0.4) is 0 Å². The molecule has 0 amide bonds. The van der Waals surface area contributed by atoms with Crippen LogP contribution in [-0.2, 0) is 22.2 Å². The van der Waals surface area contributed by atoms with E-state index < -0.39 is 10.0 Å². The molecule has 9 heteroatoms. The van der Waals surface area contributed by atoms with Gasteiger partial charge in [-0.15, -0.1) is 0 Å². The number of nitrogens with zero attached hydrogens (tertiary/aromatic N) is 4. The summed E-state index contributed by atoms with van der Waals surface area (Å²) in [4.78, 5) is 6.91. The Morgan fingerprint density at radius 2 is 1.87 bits per heavy atom. The van der Waals surface area contributed by atoms with E-state index >= 15 is 0 Å². The molecule has 0 bridgehead atoms. The molecule has 0 saturated carbocycles.